The third-order valence-corrected chi connectivity index (χ3v) is 2.78. The standard InChI is InChI=1S/C13H15N3O3/c1-8-5-3-4-6-10(8)12-15-11(19-16-12)7-14-9(2)13(17)18/h3-6,9,14H,7H2,1-2H3,(H,17,18)/t9-/m1/s1. The second-order valence-corrected chi connectivity index (χ2v) is 4.27. The van der Waals surface area contributed by atoms with E-state index in [0.29, 0.717) is 11.7 Å². The highest BCUT2D eigenvalue weighted by Crippen LogP contribution is 2.19. The Balaban J connectivity index is 2.08. The number of nitrogens with one attached hydrogen (secondary N) is 1. The first-order valence-electron chi connectivity index (χ1n) is 5.92. The van der Waals surface area contributed by atoms with E-state index in [1.54, 1.807) is 6.92 Å². The van der Waals surface area contributed by atoms with Gasteiger partial charge in [0.05, 0.1) is 6.54 Å². The zero-order valence-corrected chi connectivity index (χ0v) is 10.8. The summed E-state index contributed by atoms with van der Waals surface area (Å²) in [5, 5.41) is 15.4. The molecule has 0 fully saturated rings. The Kier molecular flexibility index (Phi) is 3.91. The van der Waals surface area contributed by atoms with Crippen molar-refractivity contribution in [3.63, 3.8) is 0 Å². The van der Waals surface area contributed by atoms with Crippen LogP contribution in [0.25, 0.3) is 11.4 Å². The second-order valence-electron chi connectivity index (χ2n) is 4.27. The van der Waals surface area contributed by atoms with Gasteiger partial charge in [0.25, 0.3) is 0 Å². The van der Waals surface area contributed by atoms with Gasteiger partial charge in [-0.05, 0) is 19.4 Å². The molecule has 1 aromatic heterocycles. The van der Waals surface area contributed by atoms with Gasteiger partial charge >= 0.3 is 5.97 Å². The van der Waals surface area contributed by atoms with Crippen molar-refractivity contribution in [1.29, 1.82) is 0 Å². The zero-order valence-electron chi connectivity index (χ0n) is 10.8. The number of hydrogen-bond acceptors (Lipinski definition) is 5. The average Bonchev–Trinajstić information content (AvgIpc) is 2.85. The number of carboxylic acid groups (broad SMARTS) is 1. The van der Waals surface area contributed by atoms with Gasteiger partial charge in [-0.3, -0.25) is 10.1 Å². The lowest BCUT2D eigenvalue weighted by Crippen LogP contribution is -2.33. The summed E-state index contributed by atoms with van der Waals surface area (Å²) in [6.45, 7) is 3.75. The van der Waals surface area contributed by atoms with Crippen LogP contribution in [0.4, 0.5) is 0 Å². The summed E-state index contributed by atoms with van der Waals surface area (Å²) >= 11 is 0. The molecule has 0 saturated heterocycles. The molecular formula is C13H15N3O3. The summed E-state index contributed by atoms with van der Waals surface area (Å²) in [6, 6.07) is 7.07. The molecule has 0 radical (unpaired) electrons. The number of carboxylic acids is 1. The highest BCUT2D eigenvalue weighted by Gasteiger charge is 2.13. The molecule has 2 N–H and O–H groups in total. The molecule has 19 heavy (non-hydrogen) atoms. The van der Waals surface area contributed by atoms with E-state index >= 15 is 0 Å². The van der Waals surface area contributed by atoms with Crippen LogP contribution in [0.2, 0.25) is 0 Å². The summed E-state index contributed by atoms with van der Waals surface area (Å²) in [5.74, 6) is -0.0390. The predicted molar refractivity (Wildman–Crippen MR) is 68.4 cm³/mol. The van der Waals surface area contributed by atoms with Crippen molar-refractivity contribution in [3.05, 3.63) is 35.7 Å². The number of aryl methyl sites for hydroxylation is 1. The van der Waals surface area contributed by atoms with Gasteiger partial charge in [-0.1, -0.05) is 29.4 Å². The van der Waals surface area contributed by atoms with E-state index < -0.39 is 12.0 Å². The summed E-state index contributed by atoms with van der Waals surface area (Å²) in [5.41, 5.74) is 1.96. The third kappa shape index (κ3) is 3.17. The molecule has 0 aliphatic heterocycles. The number of rotatable bonds is 5. The molecule has 0 aliphatic carbocycles. The maximum atomic E-state index is 10.7. The first-order chi connectivity index (χ1) is 9.08. The Morgan fingerprint density at radius 3 is 2.89 bits per heavy atom. The Bertz CT molecular complexity index is 580. The van der Waals surface area contributed by atoms with Crippen molar-refractivity contribution in [2.75, 3.05) is 0 Å². The predicted octanol–water partition coefficient (Wildman–Crippen LogP) is 1.61. The molecule has 0 aliphatic rings. The fourth-order valence-corrected chi connectivity index (χ4v) is 1.59. The first kappa shape index (κ1) is 13.2. The molecule has 1 aromatic carbocycles. The summed E-state index contributed by atoms with van der Waals surface area (Å²) in [6.07, 6.45) is 0. The van der Waals surface area contributed by atoms with E-state index in [4.69, 9.17) is 9.63 Å². The van der Waals surface area contributed by atoms with Crippen LogP contribution in [0, 0.1) is 6.92 Å². The number of benzene rings is 1. The van der Waals surface area contributed by atoms with E-state index in [1.807, 2.05) is 31.2 Å². The van der Waals surface area contributed by atoms with Gasteiger partial charge in [-0.2, -0.15) is 4.98 Å². The highest BCUT2D eigenvalue weighted by molar-refractivity contribution is 5.72. The van der Waals surface area contributed by atoms with Crippen molar-refractivity contribution < 1.29 is 14.4 Å². The number of nitrogens with zero attached hydrogens (tertiary/aromatic N) is 2. The number of hydrogen-bond donors (Lipinski definition) is 2. The van der Waals surface area contributed by atoms with Crippen molar-refractivity contribution in [2.45, 2.75) is 26.4 Å². The van der Waals surface area contributed by atoms with Crippen molar-refractivity contribution in [2.24, 2.45) is 0 Å². The maximum Gasteiger partial charge on any atom is 0.320 e. The van der Waals surface area contributed by atoms with Gasteiger partial charge in [-0.15, -0.1) is 0 Å². The number of aliphatic carboxylic acids is 1. The minimum Gasteiger partial charge on any atom is -0.480 e. The van der Waals surface area contributed by atoms with Crippen LogP contribution in [0.5, 0.6) is 0 Å². The van der Waals surface area contributed by atoms with Crippen LogP contribution in [0.15, 0.2) is 28.8 Å². The van der Waals surface area contributed by atoms with Crippen molar-refractivity contribution in [1.82, 2.24) is 15.5 Å². The normalized spacial score (nSPS) is 12.3. The van der Waals surface area contributed by atoms with Crippen molar-refractivity contribution in [3.8, 4) is 11.4 Å². The maximum absolute atomic E-state index is 10.7. The van der Waals surface area contributed by atoms with Crippen LogP contribution in [-0.2, 0) is 11.3 Å². The minimum absolute atomic E-state index is 0.229. The fourth-order valence-electron chi connectivity index (χ4n) is 1.59. The first-order valence-corrected chi connectivity index (χ1v) is 5.92. The minimum atomic E-state index is -0.918. The summed E-state index contributed by atoms with van der Waals surface area (Å²) in [7, 11) is 0. The Morgan fingerprint density at radius 1 is 1.47 bits per heavy atom. The zero-order chi connectivity index (χ0) is 13.8. The largest absolute Gasteiger partial charge is 0.480 e. The molecule has 2 aromatic rings. The monoisotopic (exact) mass is 261 g/mol. The Labute approximate surface area is 110 Å². The fraction of sp³-hybridized carbons (Fsp3) is 0.308. The molecule has 0 amide bonds. The summed E-state index contributed by atoms with van der Waals surface area (Å²) in [4.78, 5) is 14.9. The molecule has 1 heterocycles. The lowest BCUT2D eigenvalue weighted by atomic mass is 10.1. The van der Waals surface area contributed by atoms with Gasteiger partial charge in [0.15, 0.2) is 0 Å². The SMILES string of the molecule is Cc1ccccc1-c1noc(CN[C@H](C)C(=O)O)n1. The van der Waals surface area contributed by atoms with Crippen LogP contribution in [0.3, 0.4) is 0 Å². The molecule has 0 spiro atoms. The topological polar surface area (TPSA) is 88.2 Å². The molecule has 100 valence electrons. The molecule has 0 bridgehead atoms. The smallest absolute Gasteiger partial charge is 0.320 e. The molecule has 0 saturated carbocycles. The van der Waals surface area contributed by atoms with Crippen LogP contribution in [0.1, 0.15) is 18.4 Å². The summed E-state index contributed by atoms with van der Waals surface area (Å²) < 4.78 is 5.09. The molecule has 1 atom stereocenters. The van der Waals surface area contributed by atoms with Crippen LogP contribution >= 0.6 is 0 Å². The average molecular weight is 261 g/mol. The van der Waals surface area contributed by atoms with E-state index in [2.05, 4.69) is 15.5 Å². The van der Waals surface area contributed by atoms with Gasteiger partial charge in [0, 0.05) is 5.56 Å². The van der Waals surface area contributed by atoms with Crippen LogP contribution in [-0.4, -0.2) is 27.3 Å². The van der Waals surface area contributed by atoms with Gasteiger partial charge in [-0.25, -0.2) is 0 Å². The molecule has 6 heteroatoms. The quantitative estimate of drug-likeness (QED) is 0.850. The Morgan fingerprint density at radius 2 is 2.21 bits per heavy atom. The van der Waals surface area contributed by atoms with Gasteiger partial charge in [0.2, 0.25) is 11.7 Å². The molecular weight excluding hydrogens is 246 g/mol. The number of carbonyl (C=O) groups is 1. The Hall–Kier alpha value is -2.21. The van der Waals surface area contributed by atoms with Crippen molar-refractivity contribution >= 4 is 5.97 Å². The highest BCUT2D eigenvalue weighted by atomic mass is 16.5. The number of aromatic nitrogens is 2. The molecule has 2 rings (SSSR count). The van der Waals surface area contributed by atoms with E-state index in [0.717, 1.165) is 11.1 Å². The van der Waals surface area contributed by atoms with E-state index in [1.165, 1.54) is 0 Å². The second kappa shape index (κ2) is 5.62. The third-order valence-electron chi connectivity index (χ3n) is 2.78. The van der Waals surface area contributed by atoms with Gasteiger partial charge < -0.3 is 9.63 Å². The van der Waals surface area contributed by atoms with Gasteiger partial charge in [0.1, 0.15) is 6.04 Å². The van der Waals surface area contributed by atoms with E-state index in [-0.39, 0.29) is 6.54 Å². The van der Waals surface area contributed by atoms with E-state index in [9.17, 15) is 4.79 Å². The molecule has 6 nitrogen and oxygen atoms in total. The molecule has 0 unspecified atom stereocenters. The van der Waals surface area contributed by atoms with Crippen LogP contribution < -0.4 is 5.32 Å². The lowest BCUT2D eigenvalue weighted by Gasteiger charge is -2.05. The lowest BCUT2D eigenvalue weighted by molar-refractivity contribution is -0.139.